The normalized spacial score (nSPS) is 21.8. The monoisotopic (exact) mass is 176 g/mol. The van der Waals surface area contributed by atoms with Crippen LogP contribution in [-0.2, 0) is 0 Å². The molecule has 1 aliphatic heterocycles. The molecule has 0 spiro atoms. The van der Waals surface area contributed by atoms with E-state index in [1.807, 2.05) is 12.3 Å². The minimum Gasteiger partial charge on any atom is -0.353 e. The Balaban J connectivity index is 2.11. The van der Waals surface area contributed by atoms with Crippen LogP contribution in [0.3, 0.4) is 0 Å². The third-order valence-corrected chi connectivity index (χ3v) is 2.78. The van der Waals surface area contributed by atoms with Crippen molar-refractivity contribution in [2.45, 2.75) is 26.3 Å². The third kappa shape index (κ3) is 1.53. The summed E-state index contributed by atoms with van der Waals surface area (Å²) in [5.74, 6) is 1.86. The summed E-state index contributed by atoms with van der Waals surface area (Å²) in [4.78, 5) is 6.75. The molecule has 1 aromatic rings. The fourth-order valence-corrected chi connectivity index (χ4v) is 1.91. The fraction of sp³-hybridized carbons (Fsp3) is 0.545. The van der Waals surface area contributed by atoms with Crippen LogP contribution in [0.5, 0.6) is 0 Å². The van der Waals surface area contributed by atoms with Gasteiger partial charge >= 0.3 is 0 Å². The van der Waals surface area contributed by atoms with Crippen molar-refractivity contribution < 1.29 is 0 Å². The maximum absolute atomic E-state index is 4.36. The Bertz CT molecular complexity index is 269. The summed E-state index contributed by atoms with van der Waals surface area (Å²) in [6.45, 7) is 5.72. The summed E-state index contributed by atoms with van der Waals surface area (Å²) in [6, 6.07) is 6.81. The molecule has 2 heterocycles. The van der Waals surface area contributed by atoms with Crippen LogP contribution in [0.1, 0.15) is 20.3 Å². The predicted octanol–water partition coefficient (Wildman–Crippen LogP) is 2.32. The molecular weight excluding hydrogens is 160 g/mol. The highest BCUT2D eigenvalue weighted by Gasteiger charge is 2.30. The lowest BCUT2D eigenvalue weighted by Gasteiger charge is -2.44. The molecule has 13 heavy (non-hydrogen) atoms. The average molecular weight is 176 g/mol. The Labute approximate surface area is 79.6 Å². The van der Waals surface area contributed by atoms with Crippen molar-refractivity contribution in [1.82, 2.24) is 4.98 Å². The Morgan fingerprint density at radius 3 is 2.77 bits per heavy atom. The average Bonchev–Trinajstić information content (AvgIpc) is 2.02. The van der Waals surface area contributed by atoms with Crippen LogP contribution in [0.15, 0.2) is 24.4 Å². The molecule has 0 bridgehead atoms. The number of hydrogen-bond acceptors (Lipinski definition) is 2. The Hall–Kier alpha value is -1.05. The van der Waals surface area contributed by atoms with Gasteiger partial charge in [-0.2, -0.15) is 0 Å². The Kier molecular flexibility index (Phi) is 2.21. The highest BCUT2D eigenvalue weighted by molar-refractivity contribution is 5.42. The highest BCUT2D eigenvalue weighted by Crippen LogP contribution is 2.28. The number of hydrogen-bond donors (Lipinski definition) is 0. The molecule has 0 saturated carbocycles. The lowest BCUT2D eigenvalue weighted by atomic mass is 9.92. The molecule has 1 aliphatic rings. The van der Waals surface area contributed by atoms with Crippen LogP contribution in [0, 0.1) is 5.92 Å². The zero-order chi connectivity index (χ0) is 9.26. The quantitative estimate of drug-likeness (QED) is 0.687. The molecule has 2 nitrogen and oxygen atoms in total. The minimum absolute atomic E-state index is 0.704. The summed E-state index contributed by atoms with van der Waals surface area (Å²) in [5.41, 5.74) is 0. The molecule has 0 N–H and O–H groups in total. The summed E-state index contributed by atoms with van der Waals surface area (Å²) in [7, 11) is 0. The number of nitrogens with zero attached hydrogens (tertiary/aromatic N) is 2. The zero-order valence-corrected chi connectivity index (χ0v) is 8.27. The van der Waals surface area contributed by atoms with Crippen molar-refractivity contribution in [3.63, 3.8) is 0 Å². The first-order chi connectivity index (χ1) is 6.29. The highest BCUT2D eigenvalue weighted by atomic mass is 15.3. The third-order valence-electron chi connectivity index (χ3n) is 2.78. The molecule has 0 amide bonds. The lowest BCUT2D eigenvalue weighted by molar-refractivity contribution is 0.350. The van der Waals surface area contributed by atoms with Gasteiger partial charge in [0, 0.05) is 18.8 Å². The first kappa shape index (κ1) is 8.54. The van der Waals surface area contributed by atoms with Gasteiger partial charge in [-0.25, -0.2) is 4.98 Å². The van der Waals surface area contributed by atoms with Crippen LogP contribution in [0.2, 0.25) is 0 Å². The van der Waals surface area contributed by atoms with Gasteiger partial charge in [0.05, 0.1) is 0 Å². The number of aromatic nitrogens is 1. The van der Waals surface area contributed by atoms with E-state index in [0.29, 0.717) is 6.04 Å². The molecule has 1 atom stereocenters. The standard InChI is InChI=1S/C11H16N2/c1-9(2)10-6-8-13(10)11-5-3-4-7-12-11/h3-5,7,9-10H,6,8H2,1-2H3. The van der Waals surface area contributed by atoms with Gasteiger partial charge in [-0.05, 0) is 24.5 Å². The van der Waals surface area contributed by atoms with Gasteiger partial charge in [0.25, 0.3) is 0 Å². The van der Waals surface area contributed by atoms with E-state index in [1.165, 1.54) is 13.0 Å². The van der Waals surface area contributed by atoms with Crippen LogP contribution in [0.25, 0.3) is 0 Å². The second kappa shape index (κ2) is 3.36. The zero-order valence-electron chi connectivity index (χ0n) is 8.27. The second-order valence-electron chi connectivity index (χ2n) is 3.98. The van der Waals surface area contributed by atoms with Gasteiger partial charge in [0.15, 0.2) is 0 Å². The van der Waals surface area contributed by atoms with Crippen molar-refractivity contribution in [1.29, 1.82) is 0 Å². The molecular formula is C11H16N2. The summed E-state index contributed by atoms with van der Waals surface area (Å²) in [6.07, 6.45) is 3.18. The van der Waals surface area contributed by atoms with E-state index >= 15 is 0 Å². The topological polar surface area (TPSA) is 16.1 Å². The fourth-order valence-electron chi connectivity index (χ4n) is 1.91. The molecule has 1 unspecified atom stereocenters. The first-order valence-corrected chi connectivity index (χ1v) is 4.96. The van der Waals surface area contributed by atoms with Crippen LogP contribution >= 0.6 is 0 Å². The van der Waals surface area contributed by atoms with E-state index in [-0.39, 0.29) is 0 Å². The lowest BCUT2D eigenvalue weighted by Crippen LogP contribution is -2.51. The van der Waals surface area contributed by atoms with E-state index in [1.54, 1.807) is 0 Å². The van der Waals surface area contributed by atoms with Gasteiger partial charge in [-0.15, -0.1) is 0 Å². The van der Waals surface area contributed by atoms with E-state index in [0.717, 1.165) is 11.7 Å². The predicted molar refractivity (Wildman–Crippen MR) is 54.8 cm³/mol. The Morgan fingerprint density at radius 2 is 2.31 bits per heavy atom. The van der Waals surface area contributed by atoms with Crippen molar-refractivity contribution in [3.05, 3.63) is 24.4 Å². The van der Waals surface area contributed by atoms with E-state index in [2.05, 4.69) is 35.9 Å². The molecule has 2 rings (SSSR count). The van der Waals surface area contributed by atoms with Crippen LogP contribution in [0.4, 0.5) is 5.82 Å². The first-order valence-electron chi connectivity index (χ1n) is 4.96. The smallest absolute Gasteiger partial charge is 0.128 e. The van der Waals surface area contributed by atoms with Gasteiger partial charge < -0.3 is 4.90 Å². The van der Waals surface area contributed by atoms with Crippen molar-refractivity contribution >= 4 is 5.82 Å². The summed E-state index contributed by atoms with van der Waals surface area (Å²) in [5, 5.41) is 0. The van der Waals surface area contributed by atoms with E-state index < -0.39 is 0 Å². The van der Waals surface area contributed by atoms with E-state index in [9.17, 15) is 0 Å². The largest absolute Gasteiger partial charge is 0.353 e. The van der Waals surface area contributed by atoms with Gasteiger partial charge in [0.2, 0.25) is 0 Å². The SMILES string of the molecule is CC(C)C1CCN1c1ccccn1. The number of rotatable bonds is 2. The van der Waals surface area contributed by atoms with E-state index in [4.69, 9.17) is 0 Å². The maximum atomic E-state index is 4.36. The number of anilines is 1. The Morgan fingerprint density at radius 1 is 1.46 bits per heavy atom. The van der Waals surface area contributed by atoms with Crippen molar-refractivity contribution in [3.8, 4) is 0 Å². The minimum atomic E-state index is 0.704. The van der Waals surface area contributed by atoms with Gasteiger partial charge in [-0.1, -0.05) is 19.9 Å². The molecule has 1 fully saturated rings. The molecule has 1 saturated heterocycles. The van der Waals surface area contributed by atoms with Gasteiger partial charge in [-0.3, -0.25) is 0 Å². The number of pyridine rings is 1. The molecule has 1 aromatic heterocycles. The summed E-state index contributed by atoms with van der Waals surface area (Å²) >= 11 is 0. The maximum Gasteiger partial charge on any atom is 0.128 e. The molecule has 0 radical (unpaired) electrons. The molecule has 0 aliphatic carbocycles. The second-order valence-corrected chi connectivity index (χ2v) is 3.98. The van der Waals surface area contributed by atoms with Crippen molar-refractivity contribution in [2.24, 2.45) is 5.92 Å². The molecule has 2 heteroatoms. The summed E-state index contributed by atoms with van der Waals surface area (Å²) < 4.78 is 0. The molecule has 70 valence electrons. The molecule has 0 aromatic carbocycles. The van der Waals surface area contributed by atoms with Crippen LogP contribution in [-0.4, -0.2) is 17.6 Å². The van der Waals surface area contributed by atoms with Crippen molar-refractivity contribution in [2.75, 3.05) is 11.4 Å². The van der Waals surface area contributed by atoms with Gasteiger partial charge in [0.1, 0.15) is 5.82 Å². The van der Waals surface area contributed by atoms with Crippen LogP contribution < -0.4 is 4.90 Å².